The third kappa shape index (κ3) is 3.48. The summed E-state index contributed by atoms with van der Waals surface area (Å²) in [5, 5.41) is 2.86. The third-order valence-electron chi connectivity index (χ3n) is 3.18. The molecule has 21 heavy (non-hydrogen) atoms. The van der Waals surface area contributed by atoms with Gasteiger partial charge in [0, 0.05) is 18.5 Å². The van der Waals surface area contributed by atoms with Gasteiger partial charge in [-0.2, -0.15) is 0 Å². The Morgan fingerprint density at radius 3 is 2.10 bits per heavy atom. The van der Waals surface area contributed by atoms with Crippen molar-refractivity contribution in [3.05, 3.63) is 35.4 Å². The van der Waals surface area contributed by atoms with Gasteiger partial charge >= 0.3 is 0 Å². The second-order valence-electron chi connectivity index (χ2n) is 6.21. The molecule has 0 fully saturated rings. The van der Waals surface area contributed by atoms with Crippen molar-refractivity contribution in [2.75, 3.05) is 6.54 Å². The molecule has 0 aliphatic carbocycles. The molecule has 0 spiro atoms. The van der Waals surface area contributed by atoms with Gasteiger partial charge in [0.1, 0.15) is 0 Å². The second kappa shape index (κ2) is 5.68. The van der Waals surface area contributed by atoms with Crippen LogP contribution in [0.15, 0.2) is 24.3 Å². The molecule has 1 N–H and O–H groups in total. The van der Waals surface area contributed by atoms with Crippen LogP contribution in [0.1, 0.15) is 54.3 Å². The van der Waals surface area contributed by atoms with Crippen LogP contribution in [0.3, 0.4) is 0 Å². The zero-order valence-corrected chi connectivity index (χ0v) is 12.6. The van der Waals surface area contributed by atoms with E-state index in [4.69, 9.17) is 0 Å². The molecule has 5 nitrogen and oxygen atoms in total. The van der Waals surface area contributed by atoms with Crippen molar-refractivity contribution in [3.63, 3.8) is 0 Å². The number of benzene rings is 1. The Balaban J connectivity index is 1.90. The van der Waals surface area contributed by atoms with Gasteiger partial charge in [0.25, 0.3) is 11.8 Å². The number of imide groups is 1. The average molecular weight is 288 g/mol. The minimum atomic E-state index is -0.271. The summed E-state index contributed by atoms with van der Waals surface area (Å²) in [7, 11) is 0. The third-order valence-corrected chi connectivity index (χ3v) is 3.18. The molecule has 0 saturated heterocycles. The first-order valence-corrected chi connectivity index (χ1v) is 7.06. The monoisotopic (exact) mass is 288 g/mol. The molecule has 5 heteroatoms. The van der Waals surface area contributed by atoms with E-state index in [9.17, 15) is 14.4 Å². The first-order chi connectivity index (χ1) is 9.79. The minimum absolute atomic E-state index is 0.0703. The van der Waals surface area contributed by atoms with Crippen molar-refractivity contribution in [1.82, 2.24) is 10.2 Å². The van der Waals surface area contributed by atoms with Crippen LogP contribution >= 0.6 is 0 Å². The van der Waals surface area contributed by atoms with E-state index >= 15 is 0 Å². The van der Waals surface area contributed by atoms with E-state index in [1.807, 2.05) is 20.8 Å². The lowest BCUT2D eigenvalue weighted by atomic mass is 10.1. The highest BCUT2D eigenvalue weighted by molar-refractivity contribution is 6.21. The summed E-state index contributed by atoms with van der Waals surface area (Å²) in [6, 6.07) is 6.79. The van der Waals surface area contributed by atoms with Gasteiger partial charge in [-0.15, -0.1) is 0 Å². The van der Waals surface area contributed by atoms with E-state index in [-0.39, 0.29) is 29.8 Å². The van der Waals surface area contributed by atoms with E-state index in [0.717, 1.165) is 0 Å². The number of hydrogen-bond donors (Lipinski definition) is 1. The molecule has 1 aromatic carbocycles. The maximum absolute atomic E-state index is 12.1. The van der Waals surface area contributed by atoms with E-state index < -0.39 is 0 Å². The molecular weight excluding hydrogens is 268 g/mol. The van der Waals surface area contributed by atoms with Crippen molar-refractivity contribution in [2.45, 2.75) is 39.2 Å². The number of carbonyl (C=O) groups excluding carboxylic acids is 3. The lowest BCUT2D eigenvalue weighted by Gasteiger charge is -2.21. The summed E-state index contributed by atoms with van der Waals surface area (Å²) >= 11 is 0. The van der Waals surface area contributed by atoms with Crippen LogP contribution in [0.25, 0.3) is 0 Å². The molecule has 1 aliphatic heterocycles. The topological polar surface area (TPSA) is 66.5 Å². The standard InChI is InChI=1S/C16H20N2O3/c1-16(2,3)17-13(19)9-6-10-18-14(20)11-7-4-5-8-12(11)15(18)21/h4-5,7-8H,6,9-10H2,1-3H3,(H,17,19). The number of rotatable bonds is 4. The van der Waals surface area contributed by atoms with E-state index in [0.29, 0.717) is 24.0 Å². The minimum Gasteiger partial charge on any atom is -0.352 e. The summed E-state index contributed by atoms with van der Waals surface area (Å²) in [5.74, 6) is -0.613. The number of carbonyl (C=O) groups is 3. The van der Waals surface area contributed by atoms with Gasteiger partial charge in [0.2, 0.25) is 5.91 Å². The summed E-state index contributed by atoms with van der Waals surface area (Å²) in [6.45, 7) is 6.00. The smallest absolute Gasteiger partial charge is 0.261 e. The SMILES string of the molecule is CC(C)(C)NC(=O)CCCN1C(=O)c2ccccc2C1=O. The van der Waals surface area contributed by atoms with Gasteiger partial charge in [0.15, 0.2) is 0 Å². The van der Waals surface area contributed by atoms with Crippen LogP contribution in [0.4, 0.5) is 0 Å². The van der Waals surface area contributed by atoms with Crippen molar-refractivity contribution >= 4 is 17.7 Å². The van der Waals surface area contributed by atoms with E-state index in [1.54, 1.807) is 24.3 Å². The summed E-state index contributed by atoms with van der Waals surface area (Å²) in [4.78, 5) is 37.2. The number of hydrogen-bond acceptors (Lipinski definition) is 3. The second-order valence-corrected chi connectivity index (χ2v) is 6.21. The molecule has 0 saturated carbocycles. The maximum Gasteiger partial charge on any atom is 0.261 e. The molecule has 1 aromatic rings. The quantitative estimate of drug-likeness (QED) is 0.861. The molecule has 112 valence electrons. The largest absolute Gasteiger partial charge is 0.352 e. The summed E-state index contributed by atoms with van der Waals surface area (Å²) < 4.78 is 0. The Morgan fingerprint density at radius 1 is 1.10 bits per heavy atom. The maximum atomic E-state index is 12.1. The Bertz CT molecular complexity index is 552. The number of amides is 3. The van der Waals surface area contributed by atoms with Crippen molar-refractivity contribution in [1.29, 1.82) is 0 Å². The highest BCUT2D eigenvalue weighted by Crippen LogP contribution is 2.22. The fourth-order valence-corrected chi connectivity index (χ4v) is 2.32. The van der Waals surface area contributed by atoms with Gasteiger partial charge in [-0.05, 0) is 39.3 Å². The highest BCUT2D eigenvalue weighted by atomic mass is 16.2. The molecule has 2 rings (SSSR count). The van der Waals surface area contributed by atoms with Crippen LogP contribution < -0.4 is 5.32 Å². The fourth-order valence-electron chi connectivity index (χ4n) is 2.32. The predicted octanol–water partition coefficient (Wildman–Crippen LogP) is 1.98. The Hall–Kier alpha value is -2.17. The molecule has 0 unspecified atom stereocenters. The van der Waals surface area contributed by atoms with Gasteiger partial charge in [-0.1, -0.05) is 12.1 Å². The molecule has 1 aliphatic rings. The van der Waals surface area contributed by atoms with Crippen LogP contribution in [0.2, 0.25) is 0 Å². The van der Waals surface area contributed by atoms with Crippen molar-refractivity contribution < 1.29 is 14.4 Å². The predicted molar refractivity (Wildman–Crippen MR) is 78.9 cm³/mol. The molecule has 0 atom stereocenters. The number of fused-ring (bicyclic) bond motifs is 1. The zero-order valence-electron chi connectivity index (χ0n) is 12.6. The van der Waals surface area contributed by atoms with E-state index in [1.165, 1.54) is 4.90 Å². The molecule has 0 radical (unpaired) electrons. The van der Waals surface area contributed by atoms with Gasteiger partial charge in [-0.25, -0.2) is 0 Å². The van der Waals surface area contributed by atoms with Crippen LogP contribution in [-0.4, -0.2) is 34.7 Å². The first kappa shape index (κ1) is 15.2. The van der Waals surface area contributed by atoms with Gasteiger partial charge in [-0.3, -0.25) is 19.3 Å². The highest BCUT2D eigenvalue weighted by Gasteiger charge is 2.34. The van der Waals surface area contributed by atoms with Crippen LogP contribution in [0, 0.1) is 0 Å². The fraction of sp³-hybridized carbons (Fsp3) is 0.438. The van der Waals surface area contributed by atoms with Crippen LogP contribution in [-0.2, 0) is 4.79 Å². The lowest BCUT2D eigenvalue weighted by Crippen LogP contribution is -2.41. The lowest BCUT2D eigenvalue weighted by molar-refractivity contribution is -0.122. The normalized spacial score (nSPS) is 14.3. The molecule has 1 heterocycles. The van der Waals surface area contributed by atoms with Crippen molar-refractivity contribution in [3.8, 4) is 0 Å². The van der Waals surface area contributed by atoms with Crippen molar-refractivity contribution in [2.24, 2.45) is 0 Å². The molecular formula is C16H20N2O3. The van der Waals surface area contributed by atoms with Gasteiger partial charge < -0.3 is 5.32 Å². The molecule has 3 amide bonds. The molecule has 0 bridgehead atoms. The Morgan fingerprint density at radius 2 is 1.62 bits per heavy atom. The number of nitrogens with zero attached hydrogens (tertiary/aromatic N) is 1. The van der Waals surface area contributed by atoms with Gasteiger partial charge in [0.05, 0.1) is 11.1 Å². The van der Waals surface area contributed by atoms with E-state index in [2.05, 4.69) is 5.32 Å². The Kier molecular flexibility index (Phi) is 4.11. The first-order valence-electron chi connectivity index (χ1n) is 7.06. The molecule has 0 aromatic heterocycles. The average Bonchev–Trinajstić information content (AvgIpc) is 2.62. The zero-order chi connectivity index (χ0) is 15.6. The van der Waals surface area contributed by atoms with Crippen LogP contribution in [0.5, 0.6) is 0 Å². The summed E-state index contributed by atoms with van der Waals surface area (Å²) in [5.41, 5.74) is 0.621. The Labute approximate surface area is 124 Å². The number of nitrogens with one attached hydrogen (secondary N) is 1. The summed E-state index contributed by atoms with van der Waals surface area (Å²) in [6.07, 6.45) is 0.762.